The molecule has 2 aromatic rings. The number of ether oxygens (including phenoxy) is 1. The molecule has 0 fully saturated rings. The summed E-state index contributed by atoms with van der Waals surface area (Å²) in [6.07, 6.45) is 1.01. The van der Waals surface area contributed by atoms with Gasteiger partial charge >= 0.3 is 0 Å². The van der Waals surface area contributed by atoms with E-state index in [-0.39, 0.29) is 21.8 Å². The van der Waals surface area contributed by atoms with Gasteiger partial charge in [-0.1, -0.05) is 29.3 Å². The SMILES string of the molecule is CC(C)Oc1cccc(NC(=O)[C@@H](C)N(c2ccc(Cl)c(Cl)c2)S(C)(=O)=O)c1. The van der Waals surface area contributed by atoms with E-state index in [1.165, 1.54) is 25.1 Å². The fourth-order valence-corrected chi connectivity index (χ4v) is 4.06. The molecule has 0 aromatic heterocycles. The van der Waals surface area contributed by atoms with E-state index in [0.717, 1.165) is 10.6 Å². The number of nitrogens with one attached hydrogen (secondary N) is 1. The minimum atomic E-state index is -3.76. The number of carbonyl (C=O) groups is 1. The Labute approximate surface area is 175 Å². The normalized spacial score (nSPS) is 12.5. The van der Waals surface area contributed by atoms with Crippen LogP contribution in [0, 0.1) is 0 Å². The van der Waals surface area contributed by atoms with Gasteiger partial charge in [-0.05, 0) is 51.1 Å². The largest absolute Gasteiger partial charge is 0.491 e. The molecule has 0 spiro atoms. The molecule has 2 aromatic carbocycles. The van der Waals surface area contributed by atoms with Crippen molar-refractivity contribution in [1.82, 2.24) is 0 Å². The molecule has 0 unspecified atom stereocenters. The molecule has 0 radical (unpaired) electrons. The van der Waals surface area contributed by atoms with Gasteiger partial charge in [-0.15, -0.1) is 0 Å². The highest BCUT2D eigenvalue weighted by Gasteiger charge is 2.29. The minimum Gasteiger partial charge on any atom is -0.491 e. The molecule has 0 heterocycles. The molecule has 1 atom stereocenters. The van der Waals surface area contributed by atoms with Crippen molar-refractivity contribution in [2.45, 2.75) is 32.9 Å². The maximum Gasteiger partial charge on any atom is 0.247 e. The summed E-state index contributed by atoms with van der Waals surface area (Å²) < 4.78 is 31.3. The molecule has 9 heteroatoms. The number of anilines is 2. The monoisotopic (exact) mass is 444 g/mol. The maximum absolute atomic E-state index is 12.7. The third kappa shape index (κ3) is 5.77. The molecular weight excluding hydrogens is 423 g/mol. The van der Waals surface area contributed by atoms with Crippen LogP contribution in [0.2, 0.25) is 10.0 Å². The molecule has 1 amide bonds. The van der Waals surface area contributed by atoms with Crippen molar-refractivity contribution in [2.24, 2.45) is 0 Å². The highest BCUT2D eigenvalue weighted by atomic mass is 35.5. The van der Waals surface area contributed by atoms with Gasteiger partial charge in [0.2, 0.25) is 15.9 Å². The predicted octanol–water partition coefficient (Wildman–Crippen LogP) is 4.57. The Bertz CT molecular complexity index is 964. The Morgan fingerprint density at radius 1 is 1.07 bits per heavy atom. The quantitative estimate of drug-likeness (QED) is 0.677. The Morgan fingerprint density at radius 3 is 2.32 bits per heavy atom. The van der Waals surface area contributed by atoms with Crippen LogP contribution < -0.4 is 14.4 Å². The maximum atomic E-state index is 12.7. The highest BCUT2D eigenvalue weighted by Crippen LogP contribution is 2.30. The zero-order chi connectivity index (χ0) is 21.1. The summed E-state index contributed by atoms with van der Waals surface area (Å²) in [5.41, 5.74) is 0.744. The Balaban J connectivity index is 2.28. The van der Waals surface area contributed by atoms with Crippen LogP contribution in [-0.2, 0) is 14.8 Å². The number of benzene rings is 2. The molecule has 0 aliphatic rings. The number of nitrogens with zero attached hydrogens (tertiary/aromatic N) is 1. The summed E-state index contributed by atoms with van der Waals surface area (Å²) in [5.74, 6) is 0.100. The van der Waals surface area contributed by atoms with Crippen LogP contribution in [-0.4, -0.2) is 32.7 Å². The minimum absolute atomic E-state index is 0.0137. The van der Waals surface area contributed by atoms with E-state index in [1.54, 1.807) is 24.3 Å². The summed E-state index contributed by atoms with van der Waals surface area (Å²) >= 11 is 11.9. The van der Waals surface area contributed by atoms with Crippen molar-refractivity contribution >= 4 is 50.5 Å². The lowest BCUT2D eigenvalue weighted by Crippen LogP contribution is -2.45. The molecule has 0 aliphatic heterocycles. The molecular formula is C19H22Cl2N2O4S. The second-order valence-corrected chi connectivity index (χ2v) is 9.19. The van der Waals surface area contributed by atoms with Crippen molar-refractivity contribution in [3.8, 4) is 5.75 Å². The molecule has 28 heavy (non-hydrogen) atoms. The van der Waals surface area contributed by atoms with Crippen molar-refractivity contribution in [2.75, 3.05) is 15.9 Å². The van der Waals surface area contributed by atoms with Gasteiger partial charge in [-0.3, -0.25) is 9.10 Å². The third-order valence-electron chi connectivity index (χ3n) is 3.72. The predicted molar refractivity (Wildman–Crippen MR) is 114 cm³/mol. The van der Waals surface area contributed by atoms with Gasteiger partial charge in [-0.25, -0.2) is 8.42 Å². The lowest BCUT2D eigenvalue weighted by Gasteiger charge is -2.28. The van der Waals surface area contributed by atoms with Crippen LogP contribution in [0.25, 0.3) is 0 Å². The van der Waals surface area contributed by atoms with Crippen molar-refractivity contribution < 1.29 is 17.9 Å². The first kappa shape index (κ1) is 22.3. The lowest BCUT2D eigenvalue weighted by atomic mass is 10.2. The average Bonchev–Trinajstić information content (AvgIpc) is 2.56. The van der Waals surface area contributed by atoms with Gasteiger partial charge in [0, 0.05) is 11.8 Å². The fourth-order valence-electron chi connectivity index (χ4n) is 2.60. The summed E-state index contributed by atoms with van der Waals surface area (Å²) in [6, 6.07) is 10.2. The number of amides is 1. The van der Waals surface area contributed by atoms with Crippen LogP contribution in [0.4, 0.5) is 11.4 Å². The Morgan fingerprint density at radius 2 is 1.75 bits per heavy atom. The number of halogens is 2. The average molecular weight is 445 g/mol. The van der Waals surface area contributed by atoms with E-state index in [1.807, 2.05) is 13.8 Å². The third-order valence-corrected chi connectivity index (χ3v) is 5.70. The fraction of sp³-hybridized carbons (Fsp3) is 0.316. The van der Waals surface area contributed by atoms with Gasteiger partial charge < -0.3 is 10.1 Å². The first-order chi connectivity index (χ1) is 13.0. The molecule has 0 saturated heterocycles. The van der Waals surface area contributed by atoms with Crippen molar-refractivity contribution in [1.29, 1.82) is 0 Å². The lowest BCUT2D eigenvalue weighted by molar-refractivity contribution is -0.116. The van der Waals surface area contributed by atoms with Gasteiger partial charge in [0.15, 0.2) is 0 Å². The molecule has 6 nitrogen and oxygen atoms in total. The number of rotatable bonds is 7. The zero-order valence-corrected chi connectivity index (χ0v) is 18.3. The van der Waals surface area contributed by atoms with E-state index >= 15 is 0 Å². The van der Waals surface area contributed by atoms with E-state index in [4.69, 9.17) is 27.9 Å². The Hall–Kier alpha value is -1.96. The van der Waals surface area contributed by atoms with E-state index in [0.29, 0.717) is 11.4 Å². The molecule has 2 rings (SSSR count). The topological polar surface area (TPSA) is 75.7 Å². The number of carbonyl (C=O) groups excluding carboxylic acids is 1. The second kappa shape index (κ2) is 9.03. The van der Waals surface area contributed by atoms with Crippen LogP contribution in [0.5, 0.6) is 5.75 Å². The van der Waals surface area contributed by atoms with Crippen LogP contribution in [0.3, 0.4) is 0 Å². The summed E-state index contributed by atoms with van der Waals surface area (Å²) in [7, 11) is -3.76. The van der Waals surface area contributed by atoms with Crippen molar-refractivity contribution in [3.05, 3.63) is 52.5 Å². The van der Waals surface area contributed by atoms with E-state index in [9.17, 15) is 13.2 Å². The molecule has 0 bridgehead atoms. The van der Waals surface area contributed by atoms with Gasteiger partial charge in [-0.2, -0.15) is 0 Å². The molecule has 152 valence electrons. The van der Waals surface area contributed by atoms with Crippen LogP contribution >= 0.6 is 23.2 Å². The van der Waals surface area contributed by atoms with Gasteiger partial charge in [0.1, 0.15) is 11.8 Å². The molecule has 1 N–H and O–H groups in total. The molecule has 0 aliphatic carbocycles. The first-order valence-electron chi connectivity index (χ1n) is 8.51. The number of hydrogen-bond donors (Lipinski definition) is 1. The summed E-state index contributed by atoms with van der Waals surface area (Å²) in [4.78, 5) is 12.7. The Kier molecular flexibility index (Phi) is 7.20. The first-order valence-corrected chi connectivity index (χ1v) is 11.1. The van der Waals surface area contributed by atoms with Crippen LogP contribution in [0.15, 0.2) is 42.5 Å². The second-order valence-electron chi connectivity index (χ2n) is 6.52. The smallest absolute Gasteiger partial charge is 0.247 e. The van der Waals surface area contributed by atoms with E-state index < -0.39 is 22.0 Å². The summed E-state index contributed by atoms with van der Waals surface area (Å²) in [5, 5.41) is 3.20. The van der Waals surface area contributed by atoms with Crippen molar-refractivity contribution in [3.63, 3.8) is 0 Å². The summed E-state index contributed by atoms with van der Waals surface area (Å²) in [6.45, 7) is 5.29. The molecule has 0 saturated carbocycles. The highest BCUT2D eigenvalue weighted by molar-refractivity contribution is 7.92. The van der Waals surface area contributed by atoms with Crippen LogP contribution in [0.1, 0.15) is 20.8 Å². The number of hydrogen-bond acceptors (Lipinski definition) is 4. The number of sulfonamides is 1. The van der Waals surface area contributed by atoms with Gasteiger partial charge in [0.25, 0.3) is 0 Å². The zero-order valence-electron chi connectivity index (χ0n) is 15.9. The van der Waals surface area contributed by atoms with E-state index in [2.05, 4.69) is 5.32 Å². The standard InChI is InChI=1S/C19H22Cl2N2O4S/c1-12(2)27-16-7-5-6-14(10-16)22-19(24)13(3)23(28(4,25)26)15-8-9-17(20)18(21)11-15/h5-13H,1-4H3,(H,22,24)/t13-/m1/s1. The van der Waals surface area contributed by atoms with Gasteiger partial charge in [0.05, 0.1) is 28.1 Å².